The Morgan fingerprint density at radius 1 is 1.74 bits per heavy atom. The van der Waals surface area contributed by atoms with Gasteiger partial charge in [0, 0.05) is 18.6 Å². The molecule has 2 heterocycles. The molecule has 99 valence electrons. The second-order valence-corrected chi connectivity index (χ2v) is 4.04. The molecule has 0 bridgehead atoms. The third-order valence-corrected chi connectivity index (χ3v) is 2.81. The Labute approximate surface area is 109 Å². The summed E-state index contributed by atoms with van der Waals surface area (Å²) in [7, 11) is 1.10. The summed E-state index contributed by atoms with van der Waals surface area (Å²) in [6.45, 7) is -0.309. The fourth-order valence-corrected chi connectivity index (χ4v) is 1.87. The molecule has 9 heteroatoms. The van der Waals surface area contributed by atoms with Gasteiger partial charge in [-0.1, -0.05) is 0 Å². The molecule has 1 radical (unpaired) electrons. The van der Waals surface area contributed by atoms with Crippen LogP contribution in [0.15, 0.2) is 17.1 Å². The van der Waals surface area contributed by atoms with E-state index in [-0.39, 0.29) is 18.8 Å². The second-order valence-electron chi connectivity index (χ2n) is 4.04. The predicted octanol–water partition coefficient (Wildman–Crippen LogP) is -1.60. The predicted molar refractivity (Wildman–Crippen MR) is 65.1 cm³/mol. The van der Waals surface area contributed by atoms with E-state index < -0.39 is 24.1 Å². The third-order valence-electron chi connectivity index (χ3n) is 2.81. The van der Waals surface area contributed by atoms with Crippen molar-refractivity contribution in [1.29, 1.82) is 5.26 Å². The molecule has 0 saturated carbocycles. The summed E-state index contributed by atoms with van der Waals surface area (Å²) in [6, 6.07) is 1.51. The van der Waals surface area contributed by atoms with E-state index in [1.807, 2.05) is 0 Å². The van der Waals surface area contributed by atoms with E-state index in [1.54, 1.807) is 5.97 Å². The molecular formula is C10H12BN4O4. The van der Waals surface area contributed by atoms with Crippen molar-refractivity contribution in [2.75, 3.05) is 11.8 Å². The average Bonchev–Trinajstić information content (AvgIpc) is 2.77. The van der Waals surface area contributed by atoms with Crippen LogP contribution >= 0.6 is 0 Å². The van der Waals surface area contributed by atoms with E-state index >= 15 is 0 Å². The van der Waals surface area contributed by atoms with Gasteiger partial charge in [-0.15, -0.1) is 0 Å². The minimum Gasteiger partial charge on any atom is -0.403 e. The fraction of sp³-hybridized carbons (Fsp3) is 0.500. The zero-order valence-corrected chi connectivity index (χ0v) is 9.93. The number of aliphatic hydroxyl groups excluding tert-OH is 2. The molecular weight excluding hydrogens is 251 g/mol. The number of ether oxygens (including phenoxy) is 1. The van der Waals surface area contributed by atoms with Gasteiger partial charge in [0.05, 0.1) is 12.7 Å². The Hall–Kier alpha value is -1.89. The SMILES string of the molecule is N#C[B]Nc1ccn([C@H]2C[C@H](O)[C@@H](CO)O2)c(=O)n1. The molecule has 0 aliphatic carbocycles. The molecule has 3 N–H and O–H groups in total. The Morgan fingerprint density at radius 2 is 2.53 bits per heavy atom. The van der Waals surface area contributed by atoms with E-state index in [0.29, 0.717) is 0 Å². The van der Waals surface area contributed by atoms with Crippen molar-refractivity contribution < 1.29 is 14.9 Å². The van der Waals surface area contributed by atoms with E-state index in [9.17, 15) is 9.90 Å². The van der Waals surface area contributed by atoms with Crippen molar-refractivity contribution in [2.24, 2.45) is 0 Å². The van der Waals surface area contributed by atoms with Crippen molar-refractivity contribution in [3.8, 4) is 5.97 Å². The molecule has 8 nitrogen and oxygen atoms in total. The maximum atomic E-state index is 11.8. The smallest absolute Gasteiger partial charge is 0.385 e. The van der Waals surface area contributed by atoms with Crippen molar-refractivity contribution in [3.63, 3.8) is 0 Å². The van der Waals surface area contributed by atoms with Gasteiger partial charge in [0.2, 0.25) is 0 Å². The van der Waals surface area contributed by atoms with Crippen LogP contribution < -0.4 is 10.9 Å². The quantitative estimate of drug-likeness (QED) is 0.559. The van der Waals surface area contributed by atoms with Crippen molar-refractivity contribution in [3.05, 3.63) is 22.7 Å². The van der Waals surface area contributed by atoms with Gasteiger partial charge >= 0.3 is 13.1 Å². The molecule has 19 heavy (non-hydrogen) atoms. The number of anilines is 1. The molecule has 2 rings (SSSR count). The lowest BCUT2D eigenvalue weighted by atomic mass is 9.99. The molecule has 1 aromatic rings. The first-order chi connectivity index (χ1) is 9.15. The highest BCUT2D eigenvalue weighted by molar-refractivity contribution is 6.49. The van der Waals surface area contributed by atoms with Gasteiger partial charge in [0.1, 0.15) is 18.1 Å². The van der Waals surface area contributed by atoms with Crippen LogP contribution in [0.1, 0.15) is 12.6 Å². The lowest BCUT2D eigenvalue weighted by Crippen LogP contribution is -2.28. The van der Waals surface area contributed by atoms with Gasteiger partial charge in [-0.05, 0) is 6.07 Å². The van der Waals surface area contributed by atoms with Crippen LogP contribution in [-0.4, -0.2) is 46.0 Å². The topological polar surface area (TPSA) is 120 Å². The number of hydrogen-bond acceptors (Lipinski definition) is 7. The summed E-state index contributed by atoms with van der Waals surface area (Å²) >= 11 is 0. The summed E-state index contributed by atoms with van der Waals surface area (Å²) in [6.07, 6.45) is -0.487. The Bertz CT molecular complexity index is 543. The monoisotopic (exact) mass is 263 g/mol. The first kappa shape index (κ1) is 13.5. The van der Waals surface area contributed by atoms with Crippen LogP contribution in [0, 0.1) is 11.2 Å². The number of rotatable bonds is 4. The first-order valence-corrected chi connectivity index (χ1v) is 5.67. The number of aromatic nitrogens is 2. The maximum absolute atomic E-state index is 11.8. The number of hydrogen-bond donors (Lipinski definition) is 3. The van der Waals surface area contributed by atoms with E-state index in [2.05, 4.69) is 10.2 Å². The molecule has 1 aliphatic heterocycles. The second kappa shape index (κ2) is 5.84. The van der Waals surface area contributed by atoms with Crippen LogP contribution in [-0.2, 0) is 4.74 Å². The lowest BCUT2D eigenvalue weighted by Gasteiger charge is -2.14. The van der Waals surface area contributed by atoms with Gasteiger partial charge in [-0.2, -0.15) is 4.98 Å². The van der Waals surface area contributed by atoms with E-state index in [0.717, 1.165) is 7.41 Å². The average molecular weight is 263 g/mol. The van der Waals surface area contributed by atoms with Crippen LogP contribution in [0.5, 0.6) is 0 Å². The van der Waals surface area contributed by atoms with Gasteiger partial charge < -0.3 is 20.2 Å². The number of nitrogens with one attached hydrogen (secondary N) is 1. The fourth-order valence-electron chi connectivity index (χ4n) is 1.87. The number of nitriles is 1. The highest BCUT2D eigenvalue weighted by Crippen LogP contribution is 2.27. The largest absolute Gasteiger partial charge is 0.403 e. The summed E-state index contributed by atoms with van der Waals surface area (Å²) in [5.41, 5.74) is -0.563. The Balaban J connectivity index is 2.14. The molecule has 1 aromatic heterocycles. The van der Waals surface area contributed by atoms with Gasteiger partial charge in [0.15, 0.2) is 0 Å². The minimum atomic E-state index is -0.813. The van der Waals surface area contributed by atoms with E-state index in [1.165, 1.54) is 16.8 Å². The van der Waals surface area contributed by atoms with Gasteiger partial charge in [0.25, 0.3) is 0 Å². The highest BCUT2D eigenvalue weighted by Gasteiger charge is 2.34. The molecule has 1 aliphatic rings. The molecule has 1 fully saturated rings. The normalized spacial score (nSPS) is 25.8. The van der Waals surface area contributed by atoms with Crippen LogP contribution in [0.4, 0.5) is 5.82 Å². The zero-order chi connectivity index (χ0) is 13.8. The van der Waals surface area contributed by atoms with E-state index in [4.69, 9.17) is 15.1 Å². The van der Waals surface area contributed by atoms with Gasteiger partial charge in [-0.3, -0.25) is 4.57 Å². The summed E-state index contributed by atoms with van der Waals surface area (Å²) < 4.78 is 6.59. The van der Waals surface area contributed by atoms with Crippen LogP contribution in [0.2, 0.25) is 0 Å². The third kappa shape index (κ3) is 2.93. The zero-order valence-electron chi connectivity index (χ0n) is 9.93. The van der Waals surface area contributed by atoms with Crippen LogP contribution in [0.25, 0.3) is 0 Å². The summed E-state index contributed by atoms with van der Waals surface area (Å²) in [4.78, 5) is 15.5. The molecule has 3 atom stereocenters. The first-order valence-electron chi connectivity index (χ1n) is 5.67. The molecule has 0 amide bonds. The lowest BCUT2D eigenvalue weighted by molar-refractivity contribution is -0.0458. The summed E-state index contributed by atoms with van der Waals surface area (Å²) in [5.74, 6) is 2.00. The molecule has 0 aromatic carbocycles. The Kier molecular flexibility index (Phi) is 4.16. The number of nitrogens with zero attached hydrogens (tertiary/aromatic N) is 3. The molecule has 1 saturated heterocycles. The molecule has 0 spiro atoms. The standard InChI is InChI=1S/C10H12BN4O4/c12-5-11-14-8-1-2-15(10(18)13-8)9-3-6(17)7(4-16)19-9/h1-2,6-7,9,16-17H,3-4H2,(H,13,14,18)/t6-,7+,9+/m0/s1. The number of aliphatic hydroxyl groups is 2. The van der Waals surface area contributed by atoms with Crippen molar-refractivity contribution in [1.82, 2.24) is 9.55 Å². The summed E-state index contributed by atoms with van der Waals surface area (Å²) in [5, 5.41) is 29.5. The molecule has 0 unspecified atom stereocenters. The maximum Gasteiger partial charge on any atom is 0.385 e. The minimum absolute atomic E-state index is 0.212. The van der Waals surface area contributed by atoms with Crippen molar-refractivity contribution in [2.45, 2.75) is 24.9 Å². The van der Waals surface area contributed by atoms with Gasteiger partial charge in [-0.25, -0.2) is 10.1 Å². The Morgan fingerprint density at radius 3 is 3.11 bits per heavy atom. The van der Waals surface area contributed by atoms with Crippen LogP contribution in [0.3, 0.4) is 0 Å². The van der Waals surface area contributed by atoms with Crippen molar-refractivity contribution >= 4 is 13.2 Å². The highest BCUT2D eigenvalue weighted by atomic mass is 16.5.